The minimum absolute atomic E-state index is 0.0987. The molecule has 0 spiro atoms. The normalized spacial score (nSPS) is 10.9. The molecule has 5 nitrogen and oxygen atoms in total. The topological polar surface area (TPSA) is 70.5 Å². The van der Waals surface area contributed by atoms with Crippen molar-refractivity contribution < 1.29 is 14.7 Å². The molecule has 1 heterocycles. The highest BCUT2D eigenvalue weighted by molar-refractivity contribution is 7.18. The molecule has 0 unspecified atom stereocenters. The lowest BCUT2D eigenvalue weighted by Crippen LogP contribution is -2.25. The van der Waals surface area contributed by atoms with Crippen LogP contribution in [0.25, 0.3) is 10.2 Å². The Morgan fingerprint density at radius 3 is 2.52 bits per heavy atom. The molecule has 2 aromatic carbocycles. The Balaban J connectivity index is 1.42. The number of thiazole rings is 1. The van der Waals surface area contributed by atoms with E-state index in [1.807, 2.05) is 18.2 Å². The number of amides is 1. The average Bonchev–Trinajstić information content (AvgIpc) is 3.08. The summed E-state index contributed by atoms with van der Waals surface area (Å²) in [6.45, 7) is 0.483. The number of aromatic carboxylic acids is 1. The summed E-state index contributed by atoms with van der Waals surface area (Å²) in [5.74, 6) is -0.847. The largest absolute Gasteiger partial charge is 0.478 e. The van der Waals surface area contributed by atoms with Crippen molar-refractivity contribution in [3.63, 3.8) is 0 Å². The molecule has 0 aliphatic rings. The fraction of sp³-hybridized carbons (Fsp3) is 0.286. The Morgan fingerprint density at radius 1 is 1.07 bits per heavy atom. The zero-order valence-corrected chi connectivity index (χ0v) is 16.0. The number of carboxylic acid groups (broad SMARTS) is 1. The minimum atomic E-state index is -0.945. The first kappa shape index (κ1) is 19.0. The van der Waals surface area contributed by atoms with Crippen molar-refractivity contribution in [3.05, 3.63) is 64.7 Å². The summed E-state index contributed by atoms with van der Waals surface area (Å²) in [5.41, 5.74) is 2.22. The van der Waals surface area contributed by atoms with Crippen molar-refractivity contribution >= 4 is 33.4 Å². The molecule has 0 saturated heterocycles. The van der Waals surface area contributed by atoms with Gasteiger partial charge in [-0.25, -0.2) is 9.78 Å². The first-order chi connectivity index (χ1) is 13.0. The lowest BCUT2D eigenvalue weighted by Gasteiger charge is -2.17. The van der Waals surface area contributed by atoms with Crippen molar-refractivity contribution in [3.8, 4) is 0 Å². The fourth-order valence-corrected chi connectivity index (χ4v) is 3.89. The maximum absolute atomic E-state index is 12.3. The standard InChI is InChI=1S/C21H22N2O3S/c1-23(14-15-10-12-16(13-11-15)21(25)26)20(24)9-5-4-8-19-22-17-6-2-3-7-18(17)27-19/h2-3,6-7,10-13H,4-5,8-9,14H2,1H3,(H,25,26). The SMILES string of the molecule is CN(Cc1ccc(C(=O)O)cc1)C(=O)CCCCc1nc2ccccc2s1. The van der Waals surface area contributed by atoms with Crippen molar-refractivity contribution in [1.29, 1.82) is 0 Å². The summed E-state index contributed by atoms with van der Waals surface area (Å²) in [7, 11) is 1.78. The third-order valence-electron chi connectivity index (χ3n) is 4.42. The Bertz CT molecular complexity index is 901. The van der Waals surface area contributed by atoms with Crippen LogP contribution in [0.3, 0.4) is 0 Å². The molecule has 6 heteroatoms. The van der Waals surface area contributed by atoms with Crippen LogP contribution in [-0.4, -0.2) is 33.9 Å². The van der Waals surface area contributed by atoms with Gasteiger partial charge in [0.05, 0.1) is 20.8 Å². The van der Waals surface area contributed by atoms with E-state index in [9.17, 15) is 9.59 Å². The van der Waals surface area contributed by atoms with E-state index in [4.69, 9.17) is 5.11 Å². The molecule has 1 aromatic heterocycles. The van der Waals surface area contributed by atoms with E-state index in [1.165, 1.54) is 4.70 Å². The Labute approximate surface area is 162 Å². The van der Waals surface area contributed by atoms with Crippen LogP contribution in [0.15, 0.2) is 48.5 Å². The van der Waals surface area contributed by atoms with E-state index >= 15 is 0 Å². The van der Waals surface area contributed by atoms with Crippen LogP contribution < -0.4 is 0 Å². The number of carbonyl (C=O) groups excluding carboxylic acids is 1. The summed E-state index contributed by atoms with van der Waals surface area (Å²) < 4.78 is 1.21. The number of hydrogen-bond acceptors (Lipinski definition) is 4. The molecule has 3 rings (SSSR count). The summed E-state index contributed by atoms with van der Waals surface area (Å²) in [6.07, 6.45) is 3.17. The molecule has 0 radical (unpaired) electrons. The number of fused-ring (bicyclic) bond motifs is 1. The molecule has 0 bridgehead atoms. The number of para-hydroxylation sites is 1. The second-order valence-corrected chi connectivity index (χ2v) is 7.65. The smallest absolute Gasteiger partial charge is 0.335 e. The van der Waals surface area contributed by atoms with Crippen LogP contribution in [0, 0.1) is 0 Å². The third-order valence-corrected chi connectivity index (χ3v) is 5.51. The number of benzene rings is 2. The van der Waals surface area contributed by atoms with Gasteiger partial charge in [0, 0.05) is 20.0 Å². The van der Waals surface area contributed by atoms with E-state index in [0.29, 0.717) is 13.0 Å². The monoisotopic (exact) mass is 382 g/mol. The molecule has 1 N–H and O–H groups in total. The Morgan fingerprint density at radius 2 is 1.81 bits per heavy atom. The molecule has 27 heavy (non-hydrogen) atoms. The van der Waals surface area contributed by atoms with Gasteiger partial charge in [0.15, 0.2) is 0 Å². The number of rotatable bonds is 8. The van der Waals surface area contributed by atoms with Gasteiger partial charge in [0.1, 0.15) is 0 Å². The highest BCUT2D eigenvalue weighted by Crippen LogP contribution is 2.23. The van der Waals surface area contributed by atoms with Crippen LogP contribution in [0.4, 0.5) is 0 Å². The molecule has 0 aliphatic carbocycles. The molecule has 0 atom stereocenters. The van der Waals surface area contributed by atoms with Crippen molar-refractivity contribution in [1.82, 2.24) is 9.88 Å². The van der Waals surface area contributed by atoms with Gasteiger partial charge in [-0.1, -0.05) is 24.3 Å². The predicted molar refractivity (Wildman–Crippen MR) is 107 cm³/mol. The van der Waals surface area contributed by atoms with E-state index in [1.54, 1.807) is 47.5 Å². The molecule has 1 amide bonds. The molecule has 140 valence electrons. The lowest BCUT2D eigenvalue weighted by molar-refractivity contribution is -0.130. The maximum Gasteiger partial charge on any atom is 0.335 e. The second-order valence-electron chi connectivity index (χ2n) is 6.53. The summed E-state index contributed by atoms with van der Waals surface area (Å²) in [4.78, 5) is 29.5. The predicted octanol–water partition coefficient (Wildman–Crippen LogP) is 4.37. The average molecular weight is 382 g/mol. The number of nitrogens with zero attached hydrogens (tertiary/aromatic N) is 2. The van der Waals surface area contributed by atoms with Crippen LogP contribution in [0.1, 0.15) is 40.2 Å². The number of aromatic nitrogens is 1. The van der Waals surface area contributed by atoms with Crippen LogP contribution in [0.5, 0.6) is 0 Å². The molecule has 0 saturated carbocycles. The molecule has 0 aliphatic heterocycles. The number of carboxylic acids is 1. The van der Waals surface area contributed by atoms with E-state index in [0.717, 1.165) is 35.4 Å². The van der Waals surface area contributed by atoms with E-state index < -0.39 is 5.97 Å². The third kappa shape index (κ3) is 5.14. The molecule has 3 aromatic rings. The van der Waals surface area contributed by atoms with Gasteiger partial charge < -0.3 is 10.0 Å². The van der Waals surface area contributed by atoms with Gasteiger partial charge in [0.2, 0.25) is 5.91 Å². The molecule has 0 fully saturated rings. The van der Waals surface area contributed by atoms with E-state index in [-0.39, 0.29) is 11.5 Å². The quantitative estimate of drug-likeness (QED) is 0.588. The van der Waals surface area contributed by atoms with Gasteiger partial charge >= 0.3 is 5.97 Å². The van der Waals surface area contributed by atoms with Crippen molar-refractivity contribution in [2.75, 3.05) is 7.05 Å². The van der Waals surface area contributed by atoms with Gasteiger partial charge in [-0.15, -0.1) is 11.3 Å². The second kappa shape index (κ2) is 8.77. The van der Waals surface area contributed by atoms with Gasteiger partial charge in [-0.3, -0.25) is 4.79 Å². The summed E-state index contributed by atoms with van der Waals surface area (Å²) >= 11 is 1.72. The van der Waals surface area contributed by atoms with Crippen LogP contribution in [0.2, 0.25) is 0 Å². The lowest BCUT2D eigenvalue weighted by atomic mass is 10.1. The molecular weight excluding hydrogens is 360 g/mol. The van der Waals surface area contributed by atoms with Crippen molar-refractivity contribution in [2.24, 2.45) is 0 Å². The van der Waals surface area contributed by atoms with Gasteiger partial charge in [-0.2, -0.15) is 0 Å². The van der Waals surface area contributed by atoms with Gasteiger partial charge in [-0.05, 0) is 49.1 Å². The van der Waals surface area contributed by atoms with Crippen LogP contribution in [-0.2, 0) is 17.8 Å². The zero-order chi connectivity index (χ0) is 19.2. The highest BCUT2D eigenvalue weighted by atomic mass is 32.1. The first-order valence-corrected chi connectivity index (χ1v) is 9.75. The minimum Gasteiger partial charge on any atom is -0.478 e. The number of aryl methyl sites for hydroxylation is 1. The maximum atomic E-state index is 12.3. The van der Waals surface area contributed by atoms with E-state index in [2.05, 4.69) is 11.1 Å². The van der Waals surface area contributed by atoms with Crippen LogP contribution >= 0.6 is 11.3 Å². The number of carbonyl (C=O) groups is 2. The fourth-order valence-electron chi connectivity index (χ4n) is 2.88. The first-order valence-electron chi connectivity index (χ1n) is 8.93. The van der Waals surface area contributed by atoms with Gasteiger partial charge in [0.25, 0.3) is 0 Å². The van der Waals surface area contributed by atoms with Crippen molar-refractivity contribution in [2.45, 2.75) is 32.2 Å². The molecular formula is C21H22N2O3S. The highest BCUT2D eigenvalue weighted by Gasteiger charge is 2.10. The number of hydrogen-bond donors (Lipinski definition) is 1. The number of unbranched alkanes of at least 4 members (excludes halogenated alkanes) is 1. The Hall–Kier alpha value is -2.73. The summed E-state index contributed by atoms with van der Waals surface area (Å²) in [6, 6.07) is 14.8. The Kier molecular flexibility index (Phi) is 6.19. The zero-order valence-electron chi connectivity index (χ0n) is 15.2. The summed E-state index contributed by atoms with van der Waals surface area (Å²) in [5, 5.41) is 10.0.